The summed E-state index contributed by atoms with van der Waals surface area (Å²) in [6.07, 6.45) is 0. The lowest BCUT2D eigenvalue weighted by molar-refractivity contribution is 0.0767. The van der Waals surface area contributed by atoms with Crippen LogP contribution in [0.3, 0.4) is 0 Å². The fraction of sp³-hybridized carbons (Fsp3) is 0.185. The van der Waals surface area contributed by atoms with E-state index in [1.807, 2.05) is 54.6 Å². The van der Waals surface area contributed by atoms with Gasteiger partial charge in [0.2, 0.25) is 6.79 Å². The highest BCUT2D eigenvalue weighted by Gasteiger charge is 2.33. The standard InChI is InChI=1S/C27H23N3O5/c1-32-16-7-9-21(33-2)19(11-16)17-4-3-5-18-25(28)24-20(29-26(17)18)13-30(27(24)31)12-15-6-8-22-23(10-15)35-14-34-22/h3-11H,12-14H2,1-2H3,(H2,28,29). The number of carbonyl (C=O) groups excluding carboxylic acids is 1. The second kappa shape index (κ2) is 8.09. The number of fused-ring (bicyclic) bond motifs is 3. The summed E-state index contributed by atoms with van der Waals surface area (Å²) in [4.78, 5) is 20.0. The Morgan fingerprint density at radius 2 is 1.86 bits per heavy atom. The minimum Gasteiger partial charge on any atom is -0.497 e. The number of ether oxygens (including phenoxy) is 4. The molecule has 3 aromatic carbocycles. The Balaban J connectivity index is 1.42. The third kappa shape index (κ3) is 3.37. The molecular weight excluding hydrogens is 446 g/mol. The van der Waals surface area contributed by atoms with E-state index in [9.17, 15) is 4.79 Å². The summed E-state index contributed by atoms with van der Waals surface area (Å²) in [5, 5.41) is 0.726. The van der Waals surface area contributed by atoms with Gasteiger partial charge in [-0.15, -0.1) is 0 Å². The van der Waals surface area contributed by atoms with Gasteiger partial charge in [-0.25, -0.2) is 4.98 Å². The fourth-order valence-corrected chi connectivity index (χ4v) is 4.76. The van der Waals surface area contributed by atoms with Crippen molar-refractivity contribution in [2.45, 2.75) is 13.1 Å². The first-order valence-corrected chi connectivity index (χ1v) is 11.2. The minimum absolute atomic E-state index is 0.131. The highest BCUT2D eigenvalue weighted by Crippen LogP contribution is 2.41. The van der Waals surface area contributed by atoms with Gasteiger partial charge in [0.05, 0.1) is 43.2 Å². The fourth-order valence-electron chi connectivity index (χ4n) is 4.76. The number of amides is 1. The summed E-state index contributed by atoms with van der Waals surface area (Å²) < 4.78 is 21.9. The minimum atomic E-state index is -0.131. The number of hydrogen-bond acceptors (Lipinski definition) is 7. The monoisotopic (exact) mass is 469 g/mol. The first kappa shape index (κ1) is 21.1. The molecule has 2 aliphatic heterocycles. The molecule has 0 aliphatic carbocycles. The number of rotatable bonds is 5. The molecular formula is C27H23N3O5. The van der Waals surface area contributed by atoms with Crippen molar-refractivity contribution in [2.75, 3.05) is 26.7 Å². The molecule has 0 unspecified atom stereocenters. The van der Waals surface area contributed by atoms with Crippen LogP contribution in [0.5, 0.6) is 23.0 Å². The van der Waals surface area contributed by atoms with Crippen LogP contribution < -0.4 is 24.7 Å². The van der Waals surface area contributed by atoms with Gasteiger partial charge >= 0.3 is 0 Å². The number of carbonyl (C=O) groups is 1. The maximum absolute atomic E-state index is 13.4. The van der Waals surface area contributed by atoms with Crippen LogP contribution in [0.1, 0.15) is 21.6 Å². The van der Waals surface area contributed by atoms with Crippen LogP contribution in [0.4, 0.5) is 5.69 Å². The average Bonchev–Trinajstić information content (AvgIpc) is 3.47. The van der Waals surface area contributed by atoms with Gasteiger partial charge < -0.3 is 29.6 Å². The van der Waals surface area contributed by atoms with E-state index in [1.54, 1.807) is 19.1 Å². The van der Waals surface area contributed by atoms with Crippen molar-refractivity contribution in [2.24, 2.45) is 0 Å². The molecule has 2 N–H and O–H groups in total. The third-order valence-electron chi connectivity index (χ3n) is 6.48. The maximum atomic E-state index is 13.4. The molecule has 1 aromatic heterocycles. The van der Waals surface area contributed by atoms with Crippen LogP contribution in [0.15, 0.2) is 54.6 Å². The number of methoxy groups -OCH3 is 2. The van der Waals surface area contributed by atoms with Gasteiger partial charge in [0.15, 0.2) is 11.5 Å². The quantitative estimate of drug-likeness (QED) is 0.463. The molecule has 1 amide bonds. The van der Waals surface area contributed by atoms with Gasteiger partial charge in [-0.1, -0.05) is 24.3 Å². The molecule has 8 nitrogen and oxygen atoms in total. The first-order chi connectivity index (χ1) is 17.1. The summed E-state index contributed by atoms with van der Waals surface area (Å²) in [6, 6.07) is 17.1. The van der Waals surface area contributed by atoms with Crippen molar-refractivity contribution >= 4 is 22.5 Å². The lowest BCUT2D eigenvalue weighted by Crippen LogP contribution is -2.23. The van der Waals surface area contributed by atoms with E-state index in [4.69, 9.17) is 29.7 Å². The summed E-state index contributed by atoms with van der Waals surface area (Å²) in [5.74, 6) is 2.67. The molecule has 0 saturated heterocycles. The van der Waals surface area contributed by atoms with Crippen molar-refractivity contribution in [1.29, 1.82) is 0 Å². The van der Waals surface area contributed by atoms with E-state index in [0.29, 0.717) is 58.5 Å². The Morgan fingerprint density at radius 1 is 1.00 bits per heavy atom. The Kier molecular flexibility index (Phi) is 4.88. The topological polar surface area (TPSA) is 96.1 Å². The van der Waals surface area contributed by atoms with Crippen molar-refractivity contribution < 1.29 is 23.7 Å². The number of anilines is 1. The maximum Gasteiger partial charge on any atom is 0.258 e. The lowest BCUT2D eigenvalue weighted by atomic mass is 9.98. The first-order valence-electron chi connectivity index (χ1n) is 11.2. The number of hydrogen-bond donors (Lipinski definition) is 1. The second-order valence-corrected chi connectivity index (χ2v) is 8.46. The van der Waals surface area contributed by atoms with Crippen LogP contribution in [-0.4, -0.2) is 36.8 Å². The molecule has 0 bridgehead atoms. The molecule has 0 radical (unpaired) electrons. The smallest absolute Gasteiger partial charge is 0.258 e. The second-order valence-electron chi connectivity index (χ2n) is 8.46. The summed E-state index contributed by atoms with van der Waals surface area (Å²) in [7, 11) is 3.25. The van der Waals surface area contributed by atoms with Gasteiger partial charge in [0, 0.05) is 23.1 Å². The Bertz CT molecular complexity index is 1500. The molecule has 176 valence electrons. The molecule has 0 saturated carbocycles. The van der Waals surface area contributed by atoms with Gasteiger partial charge in [0.25, 0.3) is 5.91 Å². The summed E-state index contributed by atoms with van der Waals surface area (Å²) in [5.41, 5.74) is 11.5. The molecule has 0 spiro atoms. The molecule has 8 heteroatoms. The number of benzene rings is 3. The average molecular weight is 469 g/mol. The van der Waals surface area contributed by atoms with Gasteiger partial charge in [-0.05, 0) is 35.9 Å². The number of nitrogen functional groups attached to an aromatic ring is 1. The van der Waals surface area contributed by atoms with Crippen LogP contribution >= 0.6 is 0 Å². The number of nitrogens with zero attached hydrogens (tertiary/aromatic N) is 2. The van der Waals surface area contributed by atoms with E-state index in [0.717, 1.165) is 22.1 Å². The Labute approximate surface area is 201 Å². The van der Waals surface area contributed by atoms with Crippen LogP contribution in [0.2, 0.25) is 0 Å². The Morgan fingerprint density at radius 3 is 2.69 bits per heavy atom. The highest BCUT2D eigenvalue weighted by atomic mass is 16.7. The molecule has 2 aliphatic rings. The van der Waals surface area contributed by atoms with Gasteiger partial charge in [-0.2, -0.15) is 0 Å². The zero-order valence-corrected chi connectivity index (χ0v) is 19.3. The summed E-state index contributed by atoms with van der Waals surface area (Å²) >= 11 is 0. The van der Waals surface area contributed by atoms with E-state index in [-0.39, 0.29) is 12.7 Å². The molecule has 35 heavy (non-hydrogen) atoms. The third-order valence-corrected chi connectivity index (χ3v) is 6.48. The van der Waals surface area contributed by atoms with E-state index >= 15 is 0 Å². The molecule has 0 atom stereocenters. The zero-order valence-electron chi connectivity index (χ0n) is 19.3. The predicted molar refractivity (Wildman–Crippen MR) is 131 cm³/mol. The van der Waals surface area contributed by atoms with Crippen molar-refractivity contribution in [3.63, 3.8) is 0 Å². The van der Waals surface area contributed by atoms with Gasteiger partial charge in [0.1, 0.15) is 11.5 Å². The molecule has 3 heterocycles. The van der Waals surface area contributed by atoms with Crippen molar-refractivity contribution in [3.8, 4) is 34.1 Å². The normalized spacial score (nSPS) is 13.9. The van der Waals surface area contributed by atoms with Crippen LogP contribution in [0.25, 0.3) is 22.0 Å². The van der Waals surface area contributed by atoms with Crippen molar-refractivity contribution in [1.82, 2.24) is 9.88 Å². The number of nitrogens with two attached hydrogens (primary N) is 1. The van der Waals surface area contributed by atoms with Crippen LogP contribution in [-0.2, 0) is 13.1 Å². The van der Waals surface area contributed by atoms with Crippen LogP contribution in [0, 0.1) is 0 Å². The van der Waals surface area contributed by atoms with Gasteiger partial charge in [-0.3, -0.25) is 4.79 Å². The largest absolute Gasteiger partial charge is 0.497 e. The van der Waals surface area contributed by atoms with Crippen molar-refractivity contribution in [3.05, 3.63) is 71.4 Å². The molecule has 4 aromatic rings. The summed E-state index contributed by atoms with van der Waals surface area (Å²) in [6.45, 7) is 0.991. The lowest BCUT2D eigenvalue weighted by Gasteiger charge is -2.15. The Hall–Kier alpha value is -4.46. The molecule has 0 fully saturated rings. The number of aromatic nitrogens is 1. The highest BCUT2D eigenvalue weighted by molar-refractivity contribution is 6.11. The number of para-hydroxylation sites is 1. The van der Waals surface area contributed by atoms with E-state index in [1.165, 1.54) is 0 Å². The van der Waals surface area contributed by atoms with E-state index in [2.05, 4.69) is 0 Å². The number of pyridine rings is 1. The van der Waals surface area contributed by atoms with E-state index < -0.39 is 0 Å². The molecule has 6 rings (SSSR count). The predicted octanol–water partition coefficient (Wildman–Crippen LogP) is 4.39. The SMILES string of the molecule is COc1ccc(OC)c(-c2cccc3c(N)c4c(nc23)CN(Cc2ccc3c(c2)OCO3)C4=O)c1. The zero-order chi connectivity index (χ0) is 24.1.